The van der Waals surface area contributed by atoms with Crippen LogP contribution in [0.4, 0.5) is 0 Å². The summed E-state index contributed by atoms with van der Waals surface area (Å²) in [6, 6.07) is 8.08. The van der Waals surface area contributed by atoms with Crippen LogP contribution in [-0.2, 0) is 14.3 Å². The fourth-order valence-corrected chi connectivity index (χ4v) is 5.73. The van der Waals surface area contributed by atoms with E-state index in [1.807, 2.05) is 47.9 Å². The summed E-state index contributed by atoms with van der Waals surface area (Å²) in [4.78, 5) is 31.9. The van der Waals surface area contributed by atoms with E-state index in [1.54, 1.807) is 0 Å². The second kappa shape index (κ2) is 9.33. The second-order valence-corrected chi connectivity index (χ2v) is 9.58. The zero-order valence-electron chi connectivity index (χ0n) is 19.4. The summed E-state index contributed by atoms with van der Waals surface area (Å²) in [5.41, 5.74) is 1.80. The van der Waals surface area contributed by atoms with Gasteiger partial charge in [-0.3, -0.25) is 9.59 Å². The molecule has 7 heteroatoms. The predicted octanol–water partition coefficient (Wildman–Crippen LogP) is 1.58. The maximum Gasteiger partial charge on any atom is 0.237 e. The first-order chi connectivity index (χ1) is 15.4. The average molecular weight is 442 g/mol. The Kier molecular flexibility index (Phi) is 6.70. The van der Waals surface area contributed by atoms with Gasteiger partial charge < -0.3 is 24.5 Å². The van der Waals surface area contributed by atoms with Crippen LogP contribution in [0, 0.1) is 5.92 Å². The maximum atomic E-state index is 13.2. The molecule has 1 N–H and O–H groups in total. The van der Waals surface area contributed by atoms with Crippen LogP contribution < -0.4 is 0 Å². The van der Waals surface area contributed by atoms with E-state index in [1.165, 1.54) is 0 Å². The molecule has 1 aromatic rings. The van der Waals surface area contributed by atoms with E-state index in [0.717, 1.165) is 24.0 Å². The van der Waals surface area contributed by atoms with Gasteiger partial charge in [0.25, 0.3) is 0 Å². The number of carbonyl (C=O) groups is 2. The third kappa shape index (κ3) is 3.98. The van der Waals surface area contributed by atoms with E-state index < -0.39 is 5.54 Å². The maximum absolute atomic E-state index is 13.2. The highest BCUT2D eigenvalue weighted by molar-refractivity contribution is 5.84. The Hall–Kier alpha value is -2.22. The molecule has 32 heavy (non-hydrogen) atoms. The summed E-state index contributed by atoms with van der Waals surface area (Å²) in [5.74, 6) is 0.207. The Morgan fingerprint density at radius 1 is 1.19 bits per heavy atom. The summed E-state index contributed by atoms with van der Waals surface area (Å²) in [5, 5.41) is 10.2. The average Bonchev–Trinajstić information content (AvgIpc) is 2.73. The van der Waals surface area contributed by atoms with Gasteiger partial charge in [-0.25, -0.2) is 0 Å². The molecule has 3 saturated heterocycles. The van der Waals surface area contributed by atoms with Crippen LogP contribution in [0.2, 0.25) is 0 Å². The third-order valence-corrected chi connectivity index (χ3v) is 7.15. The second-order valence-electron chi connectivity index (χ2n) is 9.58. The molecule has 0 unspecified atom stereocenters. The Morgan fingerprint density at radius 2 is 1.84 bits per heavy atom. The monoisotopic (exact) mass is 441 g/mol. The summed E-state index contributed by atoms with van der Waals surface area (Å²) in [6.07, 6.45) is 5.58. The molecule has 7 nitrogen and oxygen atoms in total. The Balaban J connectivity index is 1.58. The first-order valence-corrected chi connectivity index (χ1v) is 11.6. The Bertz CT molecular complexity index is 854. The molecule has 4 rings (SSSR count). The number of likely N-dealkylation sites (N-methyl/N-ethyl adjacent to an activating group) is 1. The molecule has 0 saturated carbocycles. The van der Waals surface area contributed by atoms with Crippen molar-refractivity contribution in [1.82, 2.24) is 14.7 Å². The van der Waals surface area contributed by atoms with Crippen LogP contribution >= 0.6 is 0 Å². The summed E-state index contributed by atoms with van der Waals surface area (Å²) in [6.45, 7) is 4.52. The molecular weight excluding hydrogens is 406 g/mol. The first kappa shape index (κ1) is 23.0. The van der Waals surface area contributed by atoms with Crippen LogP contribution in [-0.4, -0.2) is 96.8 Å². The van der Waals surface area contributed by atoms with Crippen molar-refractivity contribution in [3.05, 3.63) is 41.5 Å². The van der Waals surface area contributed by atoms with Crippen molar-refractivity contribution in [3.8, 4) is 0 Å². The van der Waals surface area contributed by atoms with Crippen LogP contribution in [0.25, 0.3) is 6.08 Å². The SMILES string of the molecule is C/C=C/c1ccc([C@H]2[C@H](CO)N(C(=O)CN(C)C)C23CN(C(=O)C2CCOCC2)C3)cc1. The fourth-order valence-electron chi connectivity index (χ4n) is 5.73. The number of benzene rings is 1. The highest BCUT2D eigenvalue weighted by atomic mass is 16.5. The van der Waals surface area contributed by atoms with E-state index in [-0.39, 0.29) is 36.3 Å². The van der Waals surface area contributed by atoms with Gasteiger partial charge in [0.15, 0.2) is 0 Å². The van der Waals surface area contributed by atoms with E-state index in [9.17, 15) is 14.7 Å². The first-order valence-electron chi connectivity index (χ1n) is 11.6. The normalized spacial score (nSPS) is 25.3. The molecule has 0 radical (unpaired) electrons. The minimum atomic E-state index is -0.441. The fraction of sp³-hybridized carbons (Fsp3) is 0.600. The minimum Gasteiger partial charge on any atom is -0.394 e. The minimum absolute atomic E-state index is 0.00834. The zero-order chi connectivity index (χ0) is 22.9. The number of hydrogen-bond donors (Lipinski definition) is 1. The van der Waals surface area contributed by atoms with Gasteiger partial charge in [-0.15, -0.1) is 0 Å². The number of hydrogen-bond acceptors (Lipinski definition) is 5. The van der Waals surface area contributed by atoms with Crippen molar-refractivity contribution in [2.45, 2.75) is 37.3 Å². The Morgan fingerprint density at radius 3 is 2.41 bits per heavy atom. The number of amides is 2. The molecule has 0 aromatic heterocycles. The van der Waals surface area contributed by atoms with Gasteiger partial charge in [0.05, 0.1) is 24.7 Å². The number of likely N-dealkylation sites (tertiary alicyclic amines) is 2. The van der Waals surface area contributed by atoms with Crippen molar-refractivity contribution < 1.29 is 19.4 Å². The molecule has 3 fully saturated rings. The van der Waals surface area contributed by atoms with Crippen molar-refractivity contribution in [1.29, 1.82) is 0 Å². The lowest BCUT2D eigenvalue weighted by Gasteiger charge is -2.70. The molecule has 3 heterocycles. The van der Waals surface area contributed by atoms with E-state index >= 15 is 0 Å². The zero-order valence-corrected chi connectivity index (χ0v) is 19.4. The number of aliphatic hydroxyl groups is 1. The number of aliphatic hydroxyl groups excluding tert-OH is 1. The van der Waals surface area contributed by atoms with Gasteiger partial charge in [-0.2, -0.15) is 0 Å². The van der Waals surface area contributed by atoms with Crippen molar-refractivity contribution in [3.63, 3.8) is 0 Å². The molecule has 174 valence electrons. The summed E-state index contributed by atoms with van der Waals surface area (Å²) < 4.78 is 5.41. The van der Waals surface area contributed by atoms with E-state index in [0.29, 0.717) is 32.8 Å². The van der Waals surface area contributed by atoms with Crippen molar-refractivity contribution in [2.24, 2.45) is 5.92 Å². The van der Waals surface area contributed by atoms with Crippen LogP contribution in [0.5, 0.6) is 0 Å². The molecular formula is C25H35N3O4. The number of nitrogens with zero attached hydrogens (tertiary/aromatic N) is 3. The van der Waals surface area contributed by atoms with Crippen LogP contribution in [0.1, 0.15) is 36.8 Å². The third-order valence-electron chi connectivity index (χ3n) is 7.15. The number of carbonyl (C=O) groups excluding carboxylic acids is 2. The smallest absolute Gasteiger partial charge is 0.237 e. The molecule has 3 aliphatic rings. The lowest BCUT2D eigenvalue weighted by Crippen LogP contribution is -2.86. The highest BCUT2D eigenvalue weighted by Gasteiger charge is 2.68. The van der Waals surface area contributed by atoms with Gasteiger partial charge in [-0.1, -0.05) is 36.4 Å². The molecule has 1 spiro atoms. The number of ether oxygens (including phenoxy) is 1. The lowest BCUT2D eigenvalue weighted by atomic mass is 9.60. The quantitative estimate of drug-likeness (QED) is 0.726. The molecule has 2 atom stereocenters. The molecule has 3 aliphatic heterocycles. The standard InChI is InChI=1S/C25H35N3O4/c1-4-5-18-6-8-19(9-7-18)23-21(15-29)28(22(30)14-26(2)3)25(23)16-27(17-25)24(31)20-10-12-32-13-11-20/h4-9,20-21,23,29H,10-17H2,1-3H3/b5-4+/t21-,23-/m0/s1. The van der Waals surface area contributed by atoms with Gasteiger partial charge in [0, 0.05) is 38.1 Å². The summed E-state index contributed by atoms with van der Waals surface area (Å²) >= 11 is 0. The number of allylic oxidation sites excluding steroid dienone is 1. The largest absolute Gasteiger partial charge is 0.394 e. The molecule has 0 bridgehead atoms. The van der Waals surface area contributed by atoms with Gasteiger partial charge in [0.1, 0.15) is 0 Å². The van der Waals surface area contributed by atoms with Crippen LogP contribution in [0.3, 0.4) is 0 Å². The van der Waals surface area contributed by atoms with Gasteiger partial charge >= 0.3 is 0 Å². The van der Waals surface area contributed by atoms with Crippen LogP contribution in [0.15, 0.2) is 30.3 Å². The topological polar surface area (TPSA) is 73.3 Å². The predicted molar refractivity (Wildman–Crippen MR) is 123 cm³/mol. The van der Waals surface area contributed by atoms with E-state index in [4.69, 9.17) is 4.74 Å². The van der Waals surface area contributed by atoms with Crippen molar-refractivity contribution >= 4 is 17.9 Å². The number of rotatable bonds is 6. The molecule has 1 aromatic carbocycles. The van der Waals surface area contributed by atoms with E-state index in [2.05, 4.69) is 24.3 Å². The van der Waals surface area contributed by atoms with Crippen molar-refractivity contribution in [2.75, 3.05) is 53.6 Å². The van der Waals surface area contributed by atoms with Gasteiger partial charge in [-0.05, 0) is 45.0 Å². The highest BCUT2D eigenvalue weighted by Crippen LogP contribution is 2.54. The Labute approximate surface area is 190 Å². The molecule has 2 amide bonds. The molecule has 0 aliphatic carbocycles. The lowest BCUT2D eigenvalue weighted by molar-refractivity contribution is -0.205. The van der Waals surface area contributed by atoms with Gasteiger partial charge in [0.2, 0.25) is 11.8 Å². The summed E-state index contributed by atoms with van der Waals surface area (Å²) in [7, 11) is 3.75.